The van der Waals surface area contributed by atoms with Gasteiger partial charge >= 0.3 is 5.97 Å². The largest absolute Gasteiger partial charge is 0.480 e. The predicted octanol–water partition coefficient (Wildman–Crippen LogP) is -1.23. The molecule has 4 unspecified atom stereocenters. The van der Waals surface area contributed by atoms with Crippen LogP contribution in [-0.2, 0) is 25.6 Å². The van der Waals surface area contributed by atoms with Gasteiger partial charge in [-0.15, -0.1) is 0 Å². The van der Waals surface area contributed by atoms with Crippen LogP contribution >= 0.6 is 0 Å². The molecule has 10 nitrogen and oxygen atoms in total. The number of aliphatic hydroxyl groups excluding tert-OH is 1. The molecular weight excluding hydrogens is 392 g/mol. The number of amides is 3. The maximum absolute atomic E-state index is 12.8. The number of carboxylic acids is 1. The van der Waals surface area contributed by atoms with Gasteiger partial charge in [0, 0.05) is 6.42 Å². The van der Waals surface area contributed by atoms with Crippen molar-refractivity contribution in [1.82, 2.24) is 16.0 Å². The van der Waals surface area contributed by atoms with Crippen molar-refractivity contribution in [3.8, 4) is 0 Å². The van der Waals surface area contributed by atoms with E-state index in [4.69, 9.17) is 5.73 Å². The lowest BCUT2D eigenvalue weighted by atomic mass is 9.97. The Bertz CT molecular complexity index is 727. The summed E-state index contributed by atoms with van der Waals surface area (Å²) in [6, 6.07) is 5.32. The van der Waals surface area contributed by atoms with E-state index in [1.807, 2.05) is 6.92 Å². The third-order valence-electron chi connectivity index (χ3n) is 4.71. The predicted molar refractivity (Wildman–Crippen MR) is 109 cm³/mol. The van der Waals surface area contributed by atoms with Crippen molar-refractivity contribution in [2.75, 3.05) is 13.2 Å². The molecule has 0 saturated heterocycles. The quantitative estimate of drug-likeness (QED) is 0.245. The third kappa shape index (κ3) is 7.80. The van der Waals surface area contributed by atoms with Crippen LogP contribution < -0.4 is 21.7 Å². The van der Waals surface area contributed by atoms with Crippen LogP contribution in [-0.4, -0.2) is 65.2 Å². The van der Waals surface area contributed by atoms with Crippen molar-refractivity contribution in [2.45, 2.75) is 44.8 Å². The zero-order valence-electron chi connectivity index (χ0n) is 17.1. The molecule has 1 rings (SSSR count). The lowest BCUT2D eigenvalue weighted by molar-refractivity contribution is -0.142. The summed E-state index contributed by atoms with van der Waals surface area (Å²) in [7, 11) is 0. The highest BCUT2D eigenvalue weighted by Gasteiger charge is 2.32. The van der Waals surface area contributed by atoms with E-state index in [1.165, 1.54) is 0 Å². The second kappa shape index (κ2) is 12.6. The second-order valence-electron chi connectivity index (χ2n) is 6.97. The van der Waals surface area contributed by atoms with Gasteiger partial charge < -0.3 is 31.9 Å². The lowest BCUT2D eigenvalue weighted by Crippen LogP contribution is -2.59. The van der Waals surface area contributed by atoms with E-state index in [2.05, 4.69) is 16.0 Å². The Labute approximate surface area is 175 Å². The zero-order valence-corrected chi connectivity index (χ0v) is 17.1. The highest BCUT2D eigenvalue weighted by Crippen LogP contribution is 2.10. The molecule has 1 aromatic carbocycles. The first-order chi connectivity index (χ1) is 14.2. The number of hydrogen-bond acceptors (Lipinski definition) is 6. The first-order valence-corrected chi connectivity index (χ1v) is 9.71. The molecule has 0 heterocycles. The van der Waals surface area contributed by atoms with E-state index in [9.17, 15) is 29.4 Å². The lowest BCUT2D eigenvalue weighted by Gasteiger charge is -2.27. The van der Waals surface area contributed by atoms with E-state index < -0.39 is 48.4 Å². The summed E-state index contributed by atoms with van der Waals surface area (Å²) in [5.41, 5.74) is 5.93. The number of nitrogens with two attached hydrogens (primary N) is 1. The summed E-state index contributed by atoms with van der Waals surface area (Å²) in [5.74, 6) is -3.60. The van der Waals surface area contributed by atoms with Crippen molar-refractivity contribution in [2.24, 2.45) is 11.7 Å². The van der Waals surface area contributed by atoms with Crippen LogP contribution in [0.3, 0.4) is 0 Å². The fourth-order valence-corrected chi connectivity index (χ4v) is 2.71. The minimum Gasteiger partial charge on any atom is -0.480 e. The van der Waals surface area contributed by atoms with Crippen molar-refractivity contribution >= 4 is 23.7 Å². The monoisotopic (exact) mass is 422 g/mol. The molecule has 0 bridgehead atoms. The molecular formula is C20H30N4O6. The number of benzene rings is 1. The Morgan fingerprint density at radius 2 is 1.63 bits per heavy atom. The Balaban J connectivity index is 2.92. The first-order valence-electron chi connectivity index (χ1n) is 9.71. The van der Waals surface area contributed by atoms with Crippen LogP contribution in [0.4, 0.5) is 0 Å². The molecule has 0 aliphatic heterocycles. The molecule has 0 spiro atoms. The topological polar surface area (TPSA) is 171 Å². The average molecular weight is 422 g/mol. The van der Waals surface area contributed by atoms with Gasteiger partial charge in [-0.05, 0) is 11.5 Å². The molecule has 0 aromatic heterocycles. The highest BCUT2D eigenvalue weighted by molar-refractivity contribution is 5.93. The number of carbonyl (C=O) groups excluding carboxylic acids is 3. The number of rotatable bonds is 12. The van der Waals surface area contributed by atoms with Crippen LogP contribution in [0, 0.1) is 5.92 Å². The van der Waals surface area contributed by atoms with E-state index in [-0.39, 0.29) is 18.9 Å². The van der Waals surface area contributed by atoms with Crippen molar-refractivity contribution in [1.29, 1.82) is 0 Å². The van der Waals surface area contributed by atoms with Gasteiger partial charge in [-0.1, -0.05) is 50.6 Å². The van der Waals surface area contributed by atoms with Crippen LogP contribution in [0.15, 0.2) is 30.3 Å². The molecule has 3 amide bonds. The molecule has 0 radical (unpaired) electrons. The average Bonchev–Trinajstić information content (AvgIpc) is 2.74. The number of nitrogens with one attached hydrogen (secondary N) is 3. The molecule has 1 aromatic rings. The molecule has 30 heavy (non-hydrogen) atoms. The van der Waals surface area contributed by atoms with Crippen LogP contribution in [0.5, 0.6) is 0 Å². The summed E-state index contributed by atoms with van der Waals surface area (Å²) in [4.78, 5) is 48.3. The molecule has 7 N–H and O–H groups in total. The van der Waals surface area contributed by atoms with Gasteiger partial charge in [0.25, 0.3) is 0 Å². The van der Waals surface area contributed by atoms with Gasteiger partial charge in [-0.3, -0.25) is 14.4 Å². The van der Waals surface area contributed by atoms with Gasteiger partial charge in [0.05, 0.1) is 13.2 Å². The molecule has 0 aliphatic carbocycles. The minimum atomic E-state index is -1.28. The van der Waals surface area contributed by atoms with E-state index in [0.717, 1.165) is 5.56 Å². The standard InChI is InChI=1S/C20H30N4O6/c1-3-12(2)17(24-18(27)15(11-25)22-16(26)10-21)19(28)23-14(20(29)30)9-13-7-5-4-6-8-13/h4-8,12,14-15,17,25H,3,9-11,21H2,1-2H3,(H,22,26)(H,23,28)(H,24,27)(H,29,30). The number of aliphatic carboxylic acids is 1. The number of carbonyl (C=O) groups is 4. The van der Waals surface area contributed by atoms with E-state index >= 15 is 0 Å². The highest BCUT2D eigenvalue weighted by atomic mass is 16.4. The number of carboxylic acid groups (broad SMARTS) is 1. The fraction of sp³-hybridized carbons (Fsp3) is 0.500. The van der Waals surface area contributed by atoms with Crippen LogP contribution in [0.25, 0.3) is 0 Å². The summed E-state index contributed by atoms with van der Waals surface area (Å²) in [6.45, 7) is 2.50. The van der Waals surface area contributed by atoms with Gasteiger partial charge in [0.2, 0.25) is 17.7 Å². The number of aliphatic hydroxyl groups is 1. The summed E-state index contributed by atoms with van der Waals surface area (Å²) in [6.07, 6.45) is 0.600. The Kier molecular flexibility index (Phi) is 10.5. The maximum atomic E-state index is 12.8. The maximum Gasteiger partial charge on any atom is 0.326 e. The molecule has 0 saturated carbocycles. The molecule has 166 valence electrons. The van der Waals surface area contributed by atoms with E-state index in [1.54, 1.807) is 37.3 Å². The van der Waals surface area contributed by atoms with Crippen molar-refractivity contribution in [3.63, 3.8) is 0 Å². The van der Waals surface area contributed by atoms with Crippen LogP contribution in [0.2, 0.25) is 0 Å². The summed E-state index contributed by atoms with van der Waals surface area (Å²) in [5, 5.41) is 26.1. The fourth-order valence-electron chi connectivity index (χ4n) is 2.71. The van der Waals surface area contributed by atoms with Gasteiger partial charge in [0.1, 0.15) is 18.1 Å². The molecule has 0 aliphatic rings. The Hall–Kier alpha value is -2.98. The second-order valence-corrected chi connectivity index (χ2v) is 6.97. The van der Waals surface area contributed by atoms with E-state index in [0.29, 0.717) is 6.42 Å². The normalized spacial score (nSPS) is 14.7. The SMILES string of the molecule is CCC(C)C(NC(=O)C(CO)NC(=O)CN)C(=O)NC(Cc1ccccc1)C(=O)O. The zero-order chi connectivity index (χ0) is 22.7. The van der Waals surface area contributed by atoms with Gasteiger partial charge in [0.15, 0.2) is 0 Å². The van der Waals surface area contributed by atoms with Crippen LogP contribution in [0.1, 0.15) is 25.8 Å². The third-order valence-corrected chi connectivity index (χ3v) is 4.71. The smallest absolute Gasteiger partial charge is 0.326 e. The summed E-state index contributed by atoms with van der Waals surface area (Å²) < 4.78 is 0. The van der Waals surface area contributed by atoms with Gasteiger partial charge in [-0.25, -0.2) is 4.79 Å². The van der Waals surface area contributed by atoms with Crippen molar-refractivity contribution in [3.05, 3.63) is 35.9 Å². The number of hydrogen-bond donors (Lipinski definition) is 6. The minimum absolute atomic E-state index is 0.0783. The Morgan fingerprint density at radius 3 is 2.13 bits per heavy atom. The molecule has 10 heteroatoms. The Morgan fingerprint density at radius 1 is 1.00 bits per heavy atom. The van der Waals surface area contributed by atoms with Gasteiger partial charge in [-0.2, -0.15) is 0 Å². The van der Waals surface area contributed by atoms with Crippen molar-refractivity contribution < 1.29 is 29.4 Å². The molecule has 4 atom stereocenters. The first kappa shape index (κ1) is 25.1. The summed E-state index contributed by atoms with van der Waals surface area (Å²) >= 11 is 0. The molecule has 0 fully saturated rings.